The molecule has 0 aliphatic heterocycles. The van der Waals surface area contributed by atoms with Crippen molar-refractivity contribution in [1.29, 1.82) is 0 Å². The molecule has 12 heteroatoms. The van der Waals surface area contributed by atoms with E-state index >= 15 is 0 Å². The van der Waals surface area contributed by atoms with Gasteiger partial charge in [-0.2, -0.15) is 0 Å². The number of aliphatic carboxylic acids is 1. The number of anilines is 1. The molecule has 2 amide bonds. The molecule has 5 N–H and O–H groups in total. The summed E-state index contributed by atoms with van der Waals surface area (Å²) < 4.78 is 6.06. The fourth-order valence-corrected chi connectivity index (χ4v) is 5.34. The first-order valence-corrected chi connectivity index (χ1v) is 13.2. The predicted octanol–water partition coefficient (Wildman–Crippen LogP) is 3.11. The molecule has 1 atom stereocenters. The number of benzene rings is 1. The molecule has 1 aromatic carbocycles. The highest BCUT2D eigenvalue weighted by molar-refractivity contribution is 5.94. The number of aromatic amines is 2. The number of aromatic nitrogens is 3. The first-order chi connectivity index (χ1) is 19.7. The van der Waals surface area contributed by atoms with E-state index in [0.717, 1.165) is 21.3 Å². The Kier molecular flexibility index (Phi) is 7.72. The first kappa shape index (κ1) is 27.4. The van der Waals surface area contributed by atoms with E-state index in [9.17, 15) is 29.1 Å². The zero-order chi connectivity index (χ0) is 29.1. The van der Waals surface area contributed by atoms with Gasteiger partial charge in [0, 0.05) is 23.8 Å². The minimum Gasteiger partial charge on any atom is -0.480 e. The second kappa shape index (κ2) is 11.5. The summed E-state index contributed by atoms with van der Waals surface area (Å²) in [5, 5.41) is 15.2. The second-order valence-electron chi connectivity index (χ2n) is 9.78. The lowest BCUT2D eigenvalue weighted by molar-refractivity contribution is -0.137. The largest absolute Gasteiger partial charge is 0.480 e. The third kappa shape index (κ3) is 5.76. The number of aryl methyl sites for hydroxylation is 1. The van der Waals surface area contributed by atoms with Gasteiger partial charge in [0.2, 0.25) is 0 Å². The SMILES string of the molecule is CCOC(=O)c1cccc(NC(=O)NC(C2=CC3=C(CC2)CCc2[nH]c(=O)c(=O)n(CC(=O)O)c23)c2cc[nH]c2)c1. The maximum Gasteiger partial charge on any atom is 0.338 e. The van der Waals surface area contributed by atoms with Crippen molar-refractivity contribution in [1.82, 2.24) is 19.9 Å². The van der Waals surface area contributed by atoms with Gasteiger partial charge in [0.1, 0.15) is 6.54 Å². The summed E-state index contributed by atoms with van der Waals surface area (Å²) in [5.41, 5.74) is 3.21. The number of carboxylic acid groups (broad SMARTS) is 1. The van der Waals surface area contributed by atoms with Crippen molar-refractivity contribution >= 4 is 29.2 Å². The number of carboxylic acids is 1. The van der Waals surface area contributed by atoms with Crippen molar-refractivity contribution in [2.75, 3.05) is 11.9 Å². The number of hydrogen-bond acceptors (Lipinski definition) is 6. The van der Waals surface area contributed by atoms with Gasteiger partial charge in [0.15, 0.2) is 0 Å². The summed E-state index contributed by atoms with van der Waals surface area (Å²) in [6.07, 6.45) is 7.80. The molecule has 0 fully saturated rings. The number of esters is 1. The van der Waals surface area contributed by atoms with E-state index in [-0.39, 0.29) is 6.61 Å². The highest BCUT2D eigenvalue weighted by atomic mass is 16.5. The molecule has 3 aromatic rings. The molecule has 2 aromatic heterocycles. The van der Waals surface area contributed by atoms with E-state index < -0.39 is 41.7 Å². The number of hydrogen-bond donors (Lipinski definition) is 5. The van der Waals surface area contributed by atoms with Gasteiger partial charge >= 0.3 is 29.1 Å². The van der Waals surface area contributed by atoms with Crippen LogP contribution in [0.25, 0.3) is 5.57 Å². The maximum absolute atomic E-state index is 13.2. The van der Waals surface area contributed by atoms with Gasteiger partial charge in [0.25, 0.3) is 0 Å². The summed E-state index contributed by atoms with van der Waals surface area (Å²) in [7, 11) is 0. The number of allylic oxidation sites excluding steroid dienone is 3. The number of urea groups is 1. The molecule has 0 spiro atoms. The Morgan fingerprint density at radius 2 is 1.93 bits per heavy atom. The summed E-state index contributed by atoms with van der Waals surface area (Å²) in [4.78, 5) is 67.4. The number of carbonyl (C=O) groups excluding carboxylic acids is 2. The fraction of sp³-hybridized carbons (Fsp3) is 0.276. The molecule has 1 unspecified atom stereocenters. The summed E-state index contributed by atoms with van der Waals surface area (Å²) in [6, 6.07) is 7.20. The lowest BCUT2D eigenvalue weighted by Gasteiger charge is -2.30. The second-order valence-corrected chi connectivity index (χ2v) is 9.78. The number of nitrogens with one attached hydrogen (secondary N) is 4. The van der Waals surface area contributed by atoms with E-state index in [1.807, 2.05) is 12.1 Å². The molecule has 5 rings (SSSR count). The Bertz CT molecular complexity index is 1690. The number of carbonyl (C=O) groups is 3. The van der Waals surface area contributed by atoms with Gasteiger partial charge in [-0.15, -0.1) is 0 Å². The predicted molar refractivity (Wildman–Crippen MR) is 150 cm³/mol. The molecule has 41 heavy (non-hydrogen) atoms. The number of ether oxygens (including phenoxy) is 1. The third-order valence-electron chi connectivity index (χ3n) is 7.14. The van der Waals surface area contributed by atoms with Gasteiger partial charge in [0.05, 0.1) is 23.9 Å². The minimum atomic E-state index is -1.23. The van der Waals surface area contributed by atoms with Gasteiger partial charge in [-0.1, -0.05) is 17.7 Å². The molecule has 2 aliphatic carbocycles. The fourth-order valence-electron chi connectivity index (χ4n) is 5.34. The van der Waals surface area contributed by atoms with Crippen LogP contribution >= 0.6 is 0 Å². The van der Waals surface area contributed by atoms with Crippen LogP contribution in [0.15, 0.2) is 69.5 Å². The Labute approximate surface area is 233 Å². The van der Waals surface area contributed by atoms with Gasteiger partial charge in [-0.05, 0) is 73.6 Å². The highest BCUT2D eigenvalue weighted by Gasteiger charge is 2.30. The number of amides is 2. The smallest absolute Gasteiger partial charge is 0.338 e. The van der Waals surface area contributed by atoms with E-state index in [2.05, 4.69) is 20.6 Å². The molecule has 0 saturated carbocycles. The Hall–Kier alpha value is -5.13. The van der Waals surface area contributed by atoms with Crippen LogP contribution < -0.4 is 21.8 Å². The highest BCUT2D eigenvalue weighted by Crippen LogP contribution is 2.41. The standard InChI is InChI=1S/C29H29N5O7/c1-2-41-28(39)18-4-3-5-20(12-18)31-29(40)33-24(19-10-11-30-14-19)17-7-6-16-8-9-22-25(21(16)13-17)34(15-23(35)36)27(38)26(37)32-22/h3-5,10-14,24,30H,2,6-9,15H2,1H3,(H,32,37)(H,35,36)(H2,31,33,40). The molecule has 12 nitrogen and oxygen atoms in total. The van der Waals surface area contributed by atoms with Crippen molar-refractivity contribution in [2.24, 2.45) is 0 Å². The first-order valence-electron chi connectivity index (χ1n) is 13.2. The van der Waals surface area contributed by atoms with Gasteiger partial charge in [-0.3, -0.25) is 19.0 Å². The zero-order valence-electron chi connectivity index (χ0n) is 22.3. The monoisotopic (exact) mass is 559 g/mol. The van der Waals surface area contributed by atoms with Crippen molar-refractivity contribution in [3.8, 4) is 0 Å². The van der Waals surface area contributed by atoms with Crippen LogP contribution in [0.4, 0.5) is 10.5 Å². The third-order valence-corrected chi connectivity index (χ3v) is 7.14. The van der Waals surface area contributed by atoms with Crippen LogP contribution in [0, 0.1) is 0 Å². The molecule has 2 heterocycles. The van der Waals surface area contributed by atoms with Gasteiger partial charge in [-0.25, -0.2) is 9.59 Å². The molecule has 2 aliphatic rings. The molecule has 0 bridgehead atoms. The summed E-state index contributed by atoms with van der Waals surface area (Å²) in [6.45, 7) is 1.30. The number of rotatable bonds is 8. The molecule has 0 saturated heterocycles. The van der Waals surface area contributed by atoms with E-state index in [4.69, 9.17) is 4.74 Å². The average Bonchev–Trinajstić information content (AvgIpc) is 3.48. The average molecular weight is 560 g/mol. The van der Waals surface area contributed by atoms with Crippen LogP contribution in [-0.2, 0) is 22.5 Å². The molecule has 212 valence electrons. The summed E-state index contributed by atoms with van der Waals surface area (Å²) >= 11 is 0. The summed E-state index contributed by atoms with van der Waals surface area (Å²) in [5.74, 6) is -1.73. The zero-order valence-corrected chi connectivity index (χ0v) is 22.3. The van der Waals surface area contributed by atoms with Crippen LogP contribution in [0.5, 0.6) is 0 Å². The Balaban J connectivity index is 1.47. The number of H-pyrrole nitrogens is 2. The minimum absolute atomic E-state index is 0.232. The maximum atomic E-state index is 13.2. The molecular formula is C29H29N5O7. The topological polar surface area (TPSA) is 175 Å². The van der Waals surface area contributed by atoms with Gasteiger partial charge < -0.3 is 30.4 Å². The van der Waals surface area contributed by atoms with Crippen LogP contribution in [-0.4, -0.2) is 44.2 Å². The quantitative estimate of drug-likeness (QED) is 0.208. The van der Waals surface area contributed by atoms with Crippen LogP contribution in [0.3, 0.4) is 0 Å². The van der Waals surface area contributed by atoms with Crippen LogP contribution in [0.1, 0.15) is 59.5 Å². The molecule has 0 radical (unpaired) electrons. The van der Waals surface area contributed by atoms with Crippen LogP contribution in [0.2, 0.25) is 0 Å². The molecular weight excluding hydrogens is 530 g/mol. The normalized spacial score (nSPS) is 14.8. The van der Waals surface area contributed by atoms with Crippen molar-refractivity contribution in [2.45, 2.75) is 45.2 Å². The number of fused-ring (bicyclic) bond motifs is 2. The Morgan fingerprint density at radius 1 is 1.12 bits per heavy atom. The Morgan fingerprint density at radius 3 is 2.66 bits per heavy atom. The van der Waals surface area contributed by atoms with E-state index in [1.54, 1.807) is 37.5 Å². The lowest BCUT2D eigenvalue weighted by Crippen LogP contribution is -2.41. The lowest BCUT2D eigenvalue weighted by atomic mass is 9.80. The van der Waals surface area contributed by atoms with Crippen molar-refractivity contribution < 1.29 is 24.2 Å². The number of nitrogens with zero attached hydrogens (tertiary/aromatic N) is 1. The van der Waals surface area contributed by atoms with E-state index in [1.165, 1.54) is 6.07 Å². The van der Waals surface area contributed by atoms with Crippen molar-refractivity contribution in [3.63, 3.8) is 0 Å². The van der Waals surface area contributed by atoms with Crippen molar-refractivity contribution in [3.05, 3.63) is 103 Å². The van der Waals surface area contributed by atoms with E-state index in [0.29, 0.717) is 53.9 Å².